The van der Waals surface area contributed by atoms with E-state index in [1.54, 1.807) is 10.6 Å². The Morgan fingerprint density at radius 1 is 1.00 bits per heavy atom. The van der Waals surface area contributed by atoms with Crippen molar-refractivity contribution < 1.29 is 4.74 Å². The highest BCUT2D eigenvalue weighted by molar-refractivity contribution is 5.82. The molecule has 2 aromatic carbocycles. The molecule has 3 aromatic rings. The van der Waals surface area contributed by atoms with Crippen LogP contribution in [-0.2, 0) is 6.54 Å². The molecule has 0 bridgehead atoms. The summed E-state index contributed by atoms with van der Waals surface area (Å²) in [5, 5.41) is 1.11. The maximum atomic E-state index is 12.2. The van der Waals surface area contributed by atoms with Gasteiger partial charge in [0.15, 0.2) is 0 Å². The SMILES string of the molecule is Cc1cc(=O)n(CCOc2ccccc2)c2ccccc12. The third kappa shape index (κ3) is 2.82. The zero-order valence-corrected chi connectivity index (χ0v) is 12.0. The van der Waals surface area contributed by atoms with Crippen LogP contribution in [0, 0.1) is 6.92 Å². The van der Waals surface area contributed by atoms with Crippen molar-refractivity contribution in [1.29, 1.82) is 0 Å². The van der Waals surface area contributed by atoms with Crippen molar-refractivity contribution in [3.05, 3.63) is 76.6 Å². The van der Waals surface area contributed by atoms with Gasteiger partial charge in [-0.15, -0.1) is 0 Å². The second-order valence-electron chi connectivity index (χ2n) is 5.00. The molecule has 0 radical (unpaired) electrons. The summed E-state index contributed by atoms with van der Waals surface area (Å²) < 4.78 is 7.45. The lowest BCUT2D eigenvalue weighted by atomic mass is 10.1. The number of para-hydroxylation sites is 2. The first-order valence-electron chi connectivity index (χ1n) is 7.03. The zero-order chi connectivity index (χ0) is 14.7. The molecule has 3 heteroatoms. The summed E-state index contributed by atoms with van der Waals surface area (Å²) in [6.45, 7) is 2.97. The van der Waals surface area contributed by atoms with Gasteiger partial charge < -0.3 is 9.30 Å². The number of nitrogens with zero attached hydrogens (tertiary/aromatic N) is 1. The van der Waals surface area contributed by atoms with Crippen molar-refractivity contribution >= 4 is 10.9 Å². The molecule has 3 rings (SSSR count). The third-order valence-corrected chi connectivity index (χ3v) is 3.55. The Morgan fingerprint density at radius 2 is 1.71 bits per heavy atom. The molecule has 21 heavy (non-hydrogen) atoms. The van der Waals surface area contributed by atoms with Crippen LogP contribution in [0.15, 0.2) is 65.5 Å². The summed E-state index contributed by atoms with van der Waals surface area (Å²) in [6, 6.07) is 19.3. The second kappa shape index (κ2) is 5.83. The van der Waals surface area contributed by atoms with Crippen LogP contribution in [0.4, 0.5) is 0 Å². The van der Waals surface area contributed by atoms with Crippen LogP contribution in [-0.4, -0.2) is 11.2 Å². The van der Waals surface area contributed by atoms with Gasteiger partial charge in [0.05, 0.1) is 12.1 Å². The molecule has 0 fully saturated rings. The van der Waals surface area contributed by atoms with Crippen molar-refractivity contribution in [3.8, 4) is 5.75 Å². The van der Waals surface area contributed by atoms with Crippen molar-refractivity contribution in [1.82, 2.24) is 4.57 Å². The summed E-state index contributed by atoms with van der Waals surface area (Å²) >= 11 is 0. The van der Waals surface area contributed by atoms with Gasteiger partial charge in [-0.2, -0.15) is 0 Å². The molecule has 0 saturated heterocycles. The van der Waals surface area contributed by atoms with E-state index in [2.05, 4.69) is 0 Å². The minimum atomic E-state index is 0.0165. The van der Waals surface area contributed by atoms with Gasteiger partial charge in [0.2, 0.25) is 0 Å². The molecule has 0 N–H and O–H groups in total. The van der Waals surface area contributed by atoms with E-state index < -0.39 is 0 Å². The predicted molar refractivity (Wildman–Crippen MR) is 84.9 cm³/mol. The highest BCUT2D eigenvalue weighted by Gasteiger charge is 2.05. The number of hydrogen-bond acceptors (Lipinski definition) is 2. The smallest absolute Gasteiger partial charge is 0.251 e. The summed E-state index contributed by atoms with van der Waals surface area (Å²) in [4.78, 5) is 12.2. The summed E-state index contributed by atoms with van der Waals surface area (Å²) in [6.07, 6.45) is 0. The van der Waals surface area contributed by atoms with Crippen LogP contribution in [0.25, 0.3) is 10.9 Å². The number of rotatable bonds is 4. The van der Waals surface area contributed by atoms with Crippen molar-refractivity contribution in [2.24, 2.45) is 0 Å². The van der Waals surface area contributed by atoms with Crippen molar-refractivity contribution in [2.45, 2.75) is 13.5 Å². The van der Waals surface area contributed by atoms with Gasteiger partial charge in [0.1, 0.15) is 12.4 Å². The Balaban J connectivity index is 1.86. The molecule has 0 aliphatic rings. The van der Waals surface area contributed by atoms with Crippen LogP contribution in [0.2, 0.25) is 0 Å². The molecule has 0 aliphatic heterocycles. The van der Waals surface area contributed by atoms with Crippen LogP contribution < -0.4 is 10.3 Å². The van der Waals surface area contributed by atoms with Crippen molar-refractivity contribution in [3.63, 3.8) is 0 Å². The van der Waals surface area contributed by atoms with Gasteiger partial charge in [-0.3, -0.25) is 4.79 Å². The molecule has 106 valence electrons. The van der Waals surface area contributed by atoms with E-state index in [-0.39, 0.29) is 5.56 Å². The number of aryl methyl sites for hydroxylation is 1. The molecule has 0 saturated carbocycles. The van der Waals surface area contributed by atoms with Gasteiger partial charge in [0, 0.05) is 11.5 Å². The first kappa shape index (κ1) is 13.4. The summed E-state index contributed by atoms with van der Waals surface area (Å²) in [5.41, 5.74) is 1.98. The number of benzene rings is 2. The Kier molecular flexibility index (Phi) is 3.73. The van der Waals surface area contributed by atoms with E-state index in [4.69, 9.17) is 4.74 Å². The quantitative estimate of drug-likeness (QED) is 0.733. The van der Waals surface area contributed by atoms with Crippen molar-refractivity contribution in [2.75, 3.05) is 6.61 Å². The largest absolute Gasteiger partial charge is 0.492 e. The zero-order valence-electron chi connectivity index (χ0n) is 12.0. The van der Waals surface area contributed by atoms with Crippen LogP contribution in [0.1, 0.15) is 5.56 Å². The minimum Gasteiger partial charge on any atom is -0.492 e. The molecule has 1 heterocycles. The molecular weight excluding hydrogens is 262 g/mol. The van der Waals surface area contributed by atoms with E-state index in [1.165, 1.54) is 0 Å². The Labute approximate surface area is 123 Å². The van der Waals surface area contributed by atoms with Crippen LogP contribution in [0.5, 0.6) is 5.75 Å². The molecule has 0 unspecified atom stereocenters. The fourth-order valence-corrected chi connectivity index (χ4v) is 2.50. The number of hydrogen-bond donors (Lipinski definition) is 0. The standard InChI is InChI=1S/C18H17NO2/c1-14-13-18(20)19(17-10-6-5-9-16(14)17)11-12-21-15-7-3-2-4-8-15/h2-10,13H,11-12H2,1H3. The lowest BCUT2D eigenvalue weighted by Gasteiger charge is -2.12. The fourth-order valence-electron chi connectivity index (χ4n) is 2.50. The number of pyridine rings is 1. The van der Waals surface area contributed by atoms with Gasteiger partial charge in [0.25, 0.3) is 5.56 Å². The van der Waals surface area contributed by atoms with Crippen LogP contribution >= 0.6 is 0 Å². The maximum absolute atomic E-state index is 12.2. The molecule has 0 spiro atoms. The Morgan fingerprint density at radius 3 is 2.52 bits per heavy atom. The fraction of sp³-hybridized carbons (Fsp3) is 0.167. The maximum Gasteiger partial charge on any atom is 0.251 e. The average molecular weight is 279 g/mol. The highest BCUT2D eigenvalue weighted by Crippen LogP contribution is 2.16. The third-order valence-electron chi connectivity index (χ3n) is 3.55. The second-order valence-corrected chi connectivity index (χ2v) is 5.00. The van der Waals surface area contributed by atoms with Gasteiger partial charge >= 0.3 is 0 Å². The average Bonchev–Trinajstić information content (AvgIpc) is 2.51. The number of aromatic nitrogens is 1. The lowest BCUT2D eigenvalue weighted by molar-refractivity contribution is 0.298. The molecule has 0 amide bonds. The van der Waals surface area contributed by atoms with E-state index in [9.17, 15) is 4.79 Å². The minimum absolute atomic E-state index is 0.0165. The lowest BCUT2D eigenvalue weighted by Crippen LogP contribution is -2.23. The van der Waals surface area contributed by atoms with Gasteiger partial charge in [-0.1, -0.05) is 36.4 Å². The molecule has 0 aliphatic carbocycles. The number of fused-ring (bicyclic) bond motifs is 1. The molecule has 1 aromatic heterocycles. The van der Waals surface area contributed by atoms with E-state index >= 15 is 0 Å². The molecular formula is C18H17NO2. The van der Waals surface area contributed by atoms with Crippen LogP contribution in [0.3, 0.4) is 0 Å². The monoisotopic (exact) mass is 279 g/mol. The highest BCUT2D eigenvalue weighted by atomic mass is 16.5. The normalized spacial score (nSPS) is 10.7. The van der Waals surface area contributed by atoms with E-state index in [0.29, 0.717) is 13.2 Å². The Hall–Kier alpha value is -2.55. The van der Waals surface area contributed by atoms with Gasteiger partial charge in [-0.05, 0) is 30.7 Å². The summed E-state index contributed by atoms with van der Waals surface area (Å²) in [7, 11) is 0. The Bertz CT molecular complexity index is 806. The van der Waals surface area contributed by atoms with E-state index in [1.807, 2.05) is 61.5 Å². The summed E-state index contributed by atoms with van der Waals surface area (Å²) in [5.74, 6) is 0.821. The topological polar surface area (TPSA) is 31.2 Å². The predicted octanol–water partition coefficient (Wildman–Crippen LogP) is 3.39. The molecule has 0 atom stereocenters. The first-order chi connectivity index (χ1) is 10.3. The van der Waals surface area contributed by atoms with E-state index in [0.717, 1.165) is 22.2 Å². The number of ether oxygens (including phenoxy) is 1. The van der Waals surface area contributed by atoms with Gasteiger partial charge in [-0.25, -0.2) is 0 Å². The molecule has 3 nitrogen and oxygen atoms in total. The first-order valence-corrected chi connectivity index (χ1v) is 7.03.